The van der Waals surface area contributed by atoms with E-state index in [0.717, 1.165) is 4.90 Å². The monoisotopic (exact) mass is 846 g/mol. The summed E-state index contributed by atoms with van der Waals surface area (Å²) in [5.74, 6) is -7.86. The number of alkyl halides is 3. The van der Waals surface area contributed by atoms with E-state index < -0.39 is 88.3 Å². The van der Waals surface area contributed by atoms with Crippen LogP contribution >= 0.6 is 23.2 Å². The summed E-state index contributed by atoms with van der Waals surface area (Å²) in [5, 5.41) is 30.5. The number of allylic oxidation sites excluding steroid dienone is 3. The van der Waals surface area contributed by atoms with Gasteiger partial charge in [0.15, 0.2) is 17.3 Å². The maximum atomic E-state index is 15.3. The Bertz CT molecular complexity index is 2490. The van der Waals surface area contributed by atoms with Crippen LogP contribution < -0.4 is 20.5 Å². The fourth-order valence-electron chi connectivity index (χ4n) is 9.11. The number of nitrogens with zero attached hydrogens (tertiary/aromatic N) is 3. The van der Waals surface area contributed by atoms with Gasteiger partial charge in [0.25, 0.3) is 11.8 Å². The number of aromatic hydroxyl groups is 1. The van der Waals surface area contributed by atoms with E-state index in [4.69, 9.17) is 27.9 Å². The minimum Gasteiger partial charge on any atom is -0.504 e. The summed E-state index contributed by atoms with van der Waals surface area (Å²) >= 11 is 12.6. The second-order valence-corrected chi connectivity index (χ2v) is 15.6. The van der Waals surface area contributed by atoms with Gasteiger partial charge in [-0.05, 0) is 77.8 Å². The van der Waals surface area contributed by atoms with Gasteiger partial charge in [-0.1, -0.05) is 77.3 Å². The first-order valence-corrected chi connectivity index (χ1v) is 19.0. The van der Waals surface area contributed by atoms with Crippen molar-refractivity contribution in [3.05, 3.63) is 123 Å². The quantitative estimate of drug-likeness (QED) is 0.100. The van der Waals surface area contributed by atoms with Crippen LogP contribution in [0.5, 0.6) is 11.5 Å². The molecule has 302 valence electrons. The summed E-state index contributed by atoms with van der Waals surface area (Å²) in [6, 6.07) is 17.3. The Hall–Kier alpha value is -5.68. The zero-order chi connectivity index (χ0) is 42.1. The van der Waals surface area contributed by atoms with Crippen LogP contribution in [0.3, 0.4) is 0 Å². The molecule has 2 saturated heterocycles. The molecular weight excluding hydrogens is 815 g/mol. The fourth-order valence-corrected chi connectivity index (χ4v) is 9.45. The molecule has 3 aromatic carbocycles. The zero-order valence-electron chi connectivity index (χ0n) is 30.7. The smallest absolute Gasteiger partial charge is 0.488 e. The molecule has 2 aliphatic heterocycles. The maximum absolute atomic E-state index is 15.3. The Morgan fingerprint density at radius 2 is 1.71 bits per heavy atom. The first-order chi connectivity index (χ1) is 28.1. The SMILES string of the molecule is COc1cc(C=CC2C3=CCC4C(=O)N(c5cccc(B(O)O)c5)C(=O)C4C3CC3C(=O)N(Nc4ncc(C(F)(F)F)cc4Cl)C(=O)C23c2ccc(Cl)cc2)ccc1O. The summed E-state index contributed by atoms with van der Waals surface area (Å²) < 4.78 is 45.8. The van der Waals surface area contributed by atoms with Crippen molar-refractivity contribution in [3.8, 4) is 11.5 Å². The molecule has 3 fully saturated rings. The van der Waals surface area contributed by atoms with E-state index in [1.807, 2.05) is 6.08 Å². The average molecular weight is 847 g/mol. The topological polar surface area (TPSA) is 170 Å². The lowest BCUT2D eigenvalue weighted by molar-refractivity contribution is -0.139. The van der Waals surface area contributed by atoms with Gasteiger partial charge in [-0.15, -0.1) is 0 Å². The van der Waals surface area contributed by atoms with Crippen molar-refractivity contribution in [2.45, 2.75) is 24.4 Å². The molecule has 4 N–H and O–H groups in total. The van der Waals surface area contributed by atoms with Crippen molar-refractivity contribution in [3.63, 3.8) is 0 Å². The number of phenolic OH excluding ortho intramolecular Hbond substituents is 1. The Kier molecular flexibility index (Phi) is 10.1. The van der Waals surface area contributed by atoms with Gasteiger partial charge in [-0.3, -0.25) is 29.5 Å². The summed E-state index contributed by atoms with van der Waals surface area (Å²) in [7, 11) is -0.487. The van der Waals surface area contributed by atoms with E-state index in [9.17, 15) is 42.7 Å². The van der Waals surface area contributed by atoms with Gasteiger partial charge >= 0.3 is 13.3 Å². The van der Waals surface area contributed by atoms with E-state index in [1.165, 1.54) is 37.4 Å². The molecule has 59 heavy (non-hydrogen) atoms. The maximum Gasteiger partial charge on any atom is 0.488 e. The van der Waals surface area contributed by atoms with Crippen molar-refractivity contribution in [2.24, 2.45) is 29.6 Å². The van der Waals surface area contributed by atoms with Crippen LogP contribution in [0.25, 0.3) is 6.08 Å². The predicted molar refractivity (Wildman–Crippen MR) is 210 cm³/mol. The van der Waals surface area contributed by atoms with Crippen LogP contribution in [-0.2, 0) is 30.8 Å². The van der Waals surface area contributed by atoms with Gasteiger partial charge in [0.2, 0.25) is 11.8 Å². The molecule has 8 rings (SSSR count). The number of halogens is 5. The Morgan fingerprint density at radius 3 is 2.39 bits per heavy atom. The number of hydrogen-bond acceptors (Lipinski definition) is 10. The first-order valence-electron chi connectivity index (χ1n) is 18.3. The molecule has 4 aromatic rings. The molecule has 18 heteroatoms. The van der Waals surface area contributed by atoms with Gasteiger partial charge in [0, 0.05) is 17.1 Å². The fraction of sp³-hybridized carbons (Fsp3) is 0.244. The largest absolute Gasteiger partial charge is 0.504 e. The van der Waals surface area contributed by atoms with Gasteiger partial charge < -0.3 is 19.9 Å². The molecule has 6 atom stereocenters. The molecule has 1 saturated carbocycles. The predicted octanol–water partition coefficient (Wildman–Crippen LogP) is 5.54. The number of hydrogen-bond donors (Lipinski definition) is 4. The number of aromatic nitrogens is 1. The van der Waals surface area contributed by atoms with Gasteiger partial charge in [-0.25, -0.2) is 4.98 Å². The third-order valence-corrected chi connectivity index (χ3v) is 12.3. The Balaban J connectivity index is 1.28. The van der Waals surface area contributed by atoms with Crippen LogP contribution in [-0.4, -0.2) is 63.0 Å². The number of carbonyl (C=O) groups is 4. The third-order valence-electron chi connectivity index (χ3n) is 11.7. The van der Waals surface area contributed by atoms with Gasteiger partial charge in [0.05, 0.1) is 46.6 Å². The number of fused-ring (bicyclic) bond motifs is 4. The number of anilines is 2. The summed E-state index contributed by atoms with van der Waals surface area (Å²) in [6.45, 7) is 0. The van der Waals surface area contributed by atoms with Crippen molar-refractivity contribution in [2.75, 3.05) is 17.4 Å². The van der Waals surface area contributed by atoms with Crippen LogP contribution in [0.2, 0.25) is 10.0 Å². The highest BCUT2D eigenvalue weighted by molar-refractivity contribution is 6.58. The zero-order valence-corrected chi connectivity index (χ0v) is 32.2. The lowest BCUT2D eigenvalue weighted by Crippen LogP contribution is -2.54. The number of methoxy groups -OCH3 is 1. The lowest BCUT2D eigenvalue weighted by atomic mass is 9.50. The second kappa shape index (κ2) is 14.9. The van der Waals surface area contributed by atoms with Crippen molar-refractivity contribution >= 4 is 77.0 Å². The molecule has 4 aliphatic rings. The molecular formula is C41H32BCl2F3N4O8. The second-order valence-electron chi connectivity index (χ2n) is 14.7. The van der Waals surface area contributed by atoms with Crippen molar-refractivity contribution in [1.82, 2.24) is 9.99 Å². The number of phenols is 1. The average Bonchev–Trinajstić information content (AvgIpc) is 3.59. The standard InChI is InChI=1S/C41H32BCl2F3N4O8/c1-59-33-15-20(6-14-32(33)52)5-13-29-26-11-12-27-34(38(55)50(36(27)53)25-4-2-3-23(17-25)42(57)58)28(26)18-30-37(54)51(39(56)40(29,30)21-7-9-24(43)10-8-21)49-35-31(44)16-22(19-48-35)41(45,46)47/h2-11,13-17,19,27-30,34,52,57-58H,12,18H2,1H3,(H,48,49). The number of benzene rings is 3. The molecule has 3 heterocycles. The highest BCUT2D eigenvalue weighted by atomic mass is 35.5. The van der Waals surface area contributed by atoms with E-state index >= 15 is 4.79 Å². The molecule has 0 radical (unpaired) electrons. The summed E-state index contributed by atoms with van der Waals surface area (Å²) in [5.41, 5.74) is 1.38. The summed E-state index contributed by atoms with van der Waals surface area (Å²) in [4.78, 5) is 63.6. The molecule has 4 amide bonds. The number of amides is 4. The molecule has 0 bridgehead atoms. The molecule has 1 aromatic heterocycles. The number of ether oxygens (including phenoxy) is 1. The van der Waals surface area contributed by atoms with E-state index in [1.54, 1.807) is 48.6 Å². The van der Waals surface area contributed by atoms with Crippen LogP contribution in [0.1, 0.15) is 29.5 Å². The van der Waals surface area contributed by atoms with Gasteiger partial charge in [-0.2, -0.15) is 18.2 Å². The lowest BCUT2D eigenvalue weighted by Gasteiger charge is -2.49. The molecule has 0 spiro atoms. The number of hydrazine groups is 1. The van der Waals surface area contributed by atoms with E-state index in [-0.39, 0.29) is 35.5 Å². The Labute approximate surface area is 344 Å². The van der Waals surface area contributed by atoms with Crippen LogP contribution in [0.4, 0.5) is 24.7 Å². The number of carbonyl (C=O) groups excluding carboxylic acids is 4. The Morgan fingerprint density at radius 1 is 0.966 bits per heavy atom. The normalized spacial score (nSPS) is 25.2. The number of rotatable bonds is 8. The highest BCUT2D eigenvalue weighted by Crippen LogP contribution is 2.62. The minimum atomic E-state index is -4.78. The third kappa shape index (κ3) is 6.54. The molecule has 6 unspecified atom stereocenters. The van der Waals surface area contributed by atoms with E-state index in [0.29, 0.717) is 39.0 Å². The highest BCUT2D eigenvalue weighted by Gasteiger charge is 2.69. The first kappa shape index (κ1) is 40.1. The minimum absolute atomic E-state index is 0.0589. The van der Waals surface area contributed by atoms with E-state index in [2.05, 4.69) is 10.4 Å². The summed E-state index contributed by atoms with van der Waals surface area (Å²) in [6.07, 6.45) is 0.941. The van der Waals surface area contributed by atoms with Crippen molar-refractivity contribution in [1.29, 1.82) is 0 Å². The van der Waals surface area contributed by atoms with Crippen molar-refractivity contribution < 1.29 is 52.2 Å². The number of pyridine rings is 1. The van der Waals surface area contributed by atoms with Crippen LogP contribution in [0, 0.1) is 29.6 Å². The van der Waals surface area contributed by atoms with Crippen LogP contribution in [0.15, 0.2) is 96.7 Å². The van der Waals surface area contributed by atoms with Gasteiger partial charge in [0.1, 0.15) is 0 Å². The molecule has 12 nitrogen and oxygen atoms in total. The number of imide groups is 2. The molecule has 2 aliphatic carbocycles. The number of nitrogens with one attached hydrogen (secondary N) is 1.